The van der Waals surface area contributed by atoms with E-state index in [0.717, 1.165) is 26.1 Å². The molecule has 4 rings (SSSR count). The van der Waals surface area contributed by atoms with Crippen LogP contribution in [0.15, 0.2) is 41.1 Å². The van der Waals surface area contributed by atoms with Crippen molar-refractivity contribution in [2.75, 3.05) is 38.1 Å². The van der Waals surface area contributed by atoms with E-state index in [0.29, 0.717) is 18.8 Å². The number of hydrogen-bond acceptors (Lipinski definition) is 6. The number of benzene rings is 1. The summed E-state index contributed by atoms with van der Waals surface area (Å²) < 4.78 is 77.1. The Hall–Kier alpha value is -3.24. The van der Waals surface area contributed by atoms with E-state index in [9.17, 15) is 35.5 Å². The maximum atomic E-state index is 13.6. The number of rotatable bonds is 3. The van der Waals surface area contributed by atoms with E-state index in [1.807, 2.05) is 13.1 Å². The summed E-state index contributed by atoms with van der Waals surface area (Å²) in [5.41, 5.74) is 1.95. The minimum atomic E-state index is -5.08. The van der Waals surface area contributed by atoms with Crippen molar-refractivity contribution >= 4 is 34.9 Å². The predicted molar refractivity (Wildman–Crippen MR) is 126 cm³/mol. The van der Waals surface area contributed by atoms with Crippen LogP contribution < -0.4 is 4.90 Å². The molecule has 2 N–H and O–H groups in total. The zero-order chi connectivity index (χ0) is 29.6. The second-order valence-electron chi connectivity index (χ2n) is 8.74. The van der Waals surface area contributed by atoms with Crippen LogP contribution in [0, 0.1) is 5.82 Å². The van der Waals surface area contributed by atoms with Crippen LogP contribution in [0.2, 0.25) is 0 Å². The average Bonchev–Trinajstić information content (AvgIpc) is 3.47. The Morgan fingerprint density at radius 3 is 2.10 bits per heavy atom. The van der Waals surface area contributed by atoms with Crippen molar-refractivity contribution in [2.45, 2.75) is 30.9 Å². The first kappa shape index (κ1) is 32.0. The second kappa shape index (κ2) is 12.7. The lowest BCUT2D eigenvalue weighted by Crippen LogP contribution is -2.64. The number of halogens is 7. The molecule has 1 amide bonds. The van der Waals surface area contributed by atoms with E-state index in [1.54, 1.807) is 22.3 Å². The van der Waals surface area contributed by atoms with Crippen molar-refractivity contribution in [3.05, 3.63) is 52.5 Å². The van der Waals surface area contributed by atoms with E-state index in [1.165, 1.54) is 17.7 Å². The molecule has 0 saturated carbocycles. The maximum absolute atomic E-state index is 13.6. The molecule has 8 nitrogen and oxygen atoms in total. The highest BCUT2D eigenvalue weighted by atomic mass is 32.1. The normalized spacial score (nSPS) is 20.2. The van der Waals surface area contributed by atoms with Gasteiger partial charge in [-0.25, -0.2) is 14.0 Å². The summed E-state index contributed by atoms with van der Waals surface area (Å²) in [7, 11) is 2.04. The Morgan fingerprint density at radius 2 is 1.62 bits per heavy atom. The van der Waals surface area contributed by atoms with E-state index < -0.39 is 24.3 Å². The van der Waals surface area contributed by atoms with Gasteiger partial charge in [0, 0.05) is 31.9 Å². The van der Waals surface area contributed by atoms with Crippen LogP contribution in [0.25, 0.3) is 0 Å². The summed E-state index contributed by atoms with van der Waals surface area (Å²) in [4.78, 5) is 36.7. The van der Waals surface area contributed by atoms with Crippen molar-refractivity contribution in [1.82, 2.24) is 9.80 Å². The number of thiophene rings is 1. The summed E-state index contributed by atoms with van der Waals surface area (Å²) in [6.07, 6.45) is -9.15. The third-order valence-electron chi connectivity index (χ3n) is 5.94. The molecule has 2 saturated heterocycles. The van der Waals surface area contributed by atoms with Crippen molar-refractivity contribution in [3.8, 4) is 0 Å². The van der Waals surface area contributed by atoms with Crippen LogP contribution in [0.1, 0.15) is 12.0 Å². The molecule has 1 atom stereocenters. The molecule has 0 aliphatic carbocycles. The lowest BCUT2D eigenvalue weighted by Gasteiger charge is -2.47. The molecule has 39 heavy (non-hydrogen) atoms. The third-order valence-corrected chi connectivity index (χ3v) is 6.67. The quantitative estimate of drug-likeness (QED) is 0.522. The van der Waals surface area contributed by atoms with Crippen molar-refractivity contribution < 1.29 is 55.3 Å². The third kappa shape index (κ3) is 9.18. The summed E-state index contributed by atoms with van der Waals surface area (Å²) in [5.74, 6) is -5.78. The molecule has 2 aliphatic heterocycles. The zero-order valence-corrected chi connectivity index (χ0v) is 21.1. The first-order valence-corrected chi connectivity index (χ1v) is 12.0. The van der Waals surface area contributed by atoms with Gasteiger partial charge in [-0.15, -0.1) is 0 Å². The molecule has 2 aromatic rings. The van der Waals surface area contributed by atoms with Gasteiger partial charge in [-0.2, -0.15) is 37.7 Å². The standard InChI is InChI=1S/C19H22FN3OS.2C2HF3O2/c1-21-11-18(24)23(17-4-2-3-16(20)9-17)14-19(21)6-7-22(13-19)10-15-5-8-25-12-15;2*3-2(4,5)1(6)7/h2-5,8-9,12H,6-7,10-11,13-14H2,1H3;2*(H,6,7). The molecule has 1 aromatic heterocycles. The number of nitrogens with zero attached hydrogens (tertiary/aromatic N) is 3. The molecule has 2 fully saturated rings. The Bertz CT molecular complexity index is 1120. The number of hydrogen-bond donors (Lipinski definition) is 2. The van der Waals surface area contributed by atoms with E-state index >= 15 is 0 Å². The van der Waals surface area contributed by atoms with Crippen LogP contribution in [0.5, 0.6) is 0 Å². The lowest BCUT2D eigenvalue weighted by molar-refractivity contribution is -0.193. The van der Waals surface area contributed by atoms with Crippen LogP contribution >= 0.6 is 11.3 Å². The van der Waals surface area contributed by atoms with Crippen molar-refractivity contribution in [3.63, 3.8) is 0 Å². The Labute approximate surface area is 221 Å². The molecule has 1 aromatic carbocycles. The number of carboxylic acids is 2. The van der Waals surface area contributed by atoms with E-state index in [-0.39, 0.29) is 17.3 Å². The fourth-order valence-electron chi connectivity index (χ4n) is 4.00. The molecule has 3 heterocycles. The minimum absolute atomic E-state index is 0.0370. The van der Waals surface area contributed by atoms with Crippen LogP contribution in [0.3, 0.4) is 0 Å². The largest absolute Gasteiger partial charge is 0.490 e. The topological polar surface area (TPSA) is 101 Å². The number of amides is 1. The summed E-state index contributed by atoms with van der Waals surface area (Å²) >= 11 is 1.72. The molecular weight excluding hydrogens is 563 g/mol. The van der Waals surface area contributed by atoms with Crippen LogP contribution in [0.4, 0.5) is 36.4 Å². The molecule has 1 spiro atoms. The fourth-order valence-corrected chi connectivity index (χ4v) is 4.66. The van der Waals surface area contributed by atoms with Gasteiger partial charge in [0.15, 0.2) is 0 Å². The predicted octanol–water partition coefficient (Wildman–Crippen LogP) is 4.08. The second-order valence-corrected chi connectivity index (χ2v) is 9.52. The Morgan fingerprint density at radius 1 is 1.03 bits per heavy atom. The molecule has 2 aliphatic rings. The van der Waals surface area contributed by atoms with E-state index in [4.69, 9.17) is 19.8 Å². The number of aliphatic carboxylic acids is 2. The zero-order valence-electron chi connectivity index (χ0n) is 20.3. The number of carbonyl (C=O) groups is 3. The molecule has 16 heteroatoms. The number of piperazine rings is 1. The minimum Gasteiger partial charge on any atom is -0.475 e. The van der Waals surface area contributed by atoms with Crippen LogP contribution in [-0.4, -0.2) is 89.0 Å². The number of alkyl halides is 6. The summed E-state index contributed by atoms with van der Waals surface area (Å²) in [6, 6.07) is 8.52. The first-order valence-electron chi connectivity index (χ1n) is 11.1. The highest BCUT2D eigenvalue weighted by Gasteiger charge is 2.47. The molecule has 1 unspecified atom stereocenters. The van der Waals surface area contributed by atoms with Gasteiger partial charge in [0.1, 0.15) is 5.82 Å². The van der Waals surface area contributed by atoms with Gasteiger partial charge in [-0.1, -0.05) is 6.07 Å². The molecule has 216 valence electrons. The van der Waals surface area contributed by atoms with Gasteiger partial charge in [-0.05, 0) is 54.1 Å². The number of likely N-dealkylation sites (tertiary alicyclic amines) is 1. The number of anilines is 1. The molecule has 0 bridgehead atoms. The maximum Gasteiger partial charge on any atom is 0.490 e. The fraction of sp³-hybridized carbons (Fsp3) is 0.435. The highest BCUT2D eigenvalue weighted by molar-refractivity contribution is 7.07. The molecule has 0 radical (unpaired) electrons. The van der Waals surface area contributed by atoms with Gasteiger partial charge in [0.05, 0.1) is 12.1 Å². The van der Waals surface area contributed by atoms with E-state index in [2.05, 4.69) is 26.6 Å². The smallest absolute Gasteiger partial charge is 0.475 e. The lowest BCUT2D eigenvalue weighted by atomic mass is 9.92. The van der Waals surface area contributed by atoms with Gasteiger partial charge in [0.25, 0.3) is 0 Å². The first-order chi connectivity index (χ1) is 17.9. The SMILES string of the molecule is CN1CC(=O)N(c2cccc(F)c2)CC12CCN(Cc1ccsc1)C2.O=C(O)C(F)(F)F.O=C(O)C(F)(F)F. The summed E-state index contributed by atoms with van der Waals surface area (Å²) in [5, 5.41) is 18.6. The Balaban J connectivity index is 0.000000317. The number of carboxylic acid groups (broad SMARTS) is 2. The van der Waals surface area contributed by atoms with Gasteiger partial charge in [0.2, 0.25) is 5.91 Å². The average molecular weight is 588 g/mol. The monoisotopic (exact) mass is 587 g/mol. The van der Waals surface area contributed by atoms with Gasteiger partial charge < -0.3 is 15.1 Å². The van der Waals surface area contributed by atoms with Crippen molar-refractivity contribution in [1.29, 1.82) is 0 Å². The Kier molecular flexibility index (Phi) is 10.4. The van der Waals surface area contributed by atoms with Gasteiger partial charge >= 0.3 is 24.3 Å². The number of likely N-dealkylation sites (N-methyl/N-ethyl adjacent to an activating group) is 1. The van der Waals surface area contributed by atoms with Crippen molar-refractivity contribution in [2.24, 2.45) is 0 Å². The molecular formula is C23H24F7N3O5S. The highest BCUT2D eigenvalue weighted by Crippen LogP contribution is 2.34. The van der Waals surface area contributed by atoms with Gasteiger partial charge in [-0.3, -0.25) is 14.6 Å². The summed E-state index contributed by atoms with van der Waals surface area (Å²) in [6.45, 7) is 3.89. The number of carbonyl (C=O) groups excluding carboxylic acids is 1. The van der Waals surface area contributed by atoms with Crippen LogP contribution in [-0.2, 0) is 20.9 Å².